The van der Waals surface area contributed by atoms with Gasteiger partial charge in [-0.1, -0.05) is 67.8 Å². The highest BCUT2D eigenvalue weighted by molar-refractivity contribution is 6.04. The van der Waals surface area contributed by atoms with Gasteiger partial charge in [0.15, 0.2) is 0 Å². The van der Waals surface area contributed by atoms with Crippen molar-refractivity contribution in [3.8, 4) is 23.0 Å². The van der Waals surface area contributed by atoms with Gasteiger partial charge in [0.25, 0.3) is 0 Å². The summed E-state index contributed by atoms with van der Waals surface area (Å²) >= 11 is 0. The van der Waals surface area contributed by atoms with Crippen LogP contribution in [0.1, 0.15) is 68.2 Å². The molecule has 0 saturated heterocycles. The van der Waals surface area contributed by atoms with E-state index in [1.807, 2.05) is 0 Å². The molecule has 0 aliphatic heterocycles. The number of carbonyl (C=O) groups is 2. The van der Waals surface area contributed by atoms with Gasteiger partial charge in [-0.25, -0.2) is 0 Å². The predicted molar refractivity (Wildman–Crippen MR) is 198 cm³/mol. The number of methoxy groups -OCH3 is 4. The number of nitrogens with two attached hydrogens (primary N) is 1. The van der Waals surface area contributed by atoms with Crippen molar-refractivity contribution in [3.05, 3.63) is 119 Å². The minimum absolute atomic E-state index is 0.254. The number of hydrogen-bond donors (Lipinski definition) is 3. The molecule has 0 bridgehead atoms. The zero-order chi connectivity index (χ0) is 37.7. The first-order valence-corrected chi connectivity index (χ1v) is 17.6. The number of carbonyl (C=O) groups excluding carboxylic acids is 2. The summed E-state index contributed by atoms with van der Waals surface area (Å²) in [6.07, 6.45) is 2.63. The quantitative estimate of drug-likeness (QED) is 0.137. The van der Waals surface area contributed by atoms with Crippen LogP contribution in [0, 0.1) is 5.41 Å². The van der Waals surface area contributed by atoms with Gasteiger partial charge in [0.1, 0.15) is 39.6 Å². The van der Waals surface area contributed by atoms with E-state index in [4.69, 9.17) is 24.7 Å². The van der Waals surface area contributed by atoms with E-state index in [-0.39, 0.29) is 12.8 Å². The van der Waals surface area contributed by atoms with Crippen molar-refractivity contribution in [2.45, 2.75) is 69.2 Å². The third-order valence-corrected chi connectivity index (χ3v) is 11.0. The fraction of sp³-hybridized carbons (Fsp3) is 0.381. The molecule has 10 nitrogen and oxygen atoms in total. The Morgan fingerprint density at radius 3 is 1.08 bits per heavy atom. The highest BCUT2D eigenvalue weighted by atomic mass is 16.5. The topological polar surface area (TPSA) is 141 Å². The summed E-state index contributed by atoms with van der Waals surface area (Å²) in [7, 11) is 6.23. The van der Waals surface area contributed by atoms with E-state index < -0.39 is 40.5 Å². The zero-order valence-electron chi connectivity index (χ0n) is 30.8. The Hall–Kier alpha value is -5.06. The molecule has 2 amide bonds. The number of benzene rings is 4. The standard InChI is InChI=1S/C42H50N2O8/c1-28(41(47,30-10-18-34(49-3)19-11-30)31-12-20-35(50-4)21-13-31)44(39(46)40(38(43)45)26-8-7-9-27-40)29(2)42(48,32-14-22-36(51-5)23-15-32)33-16-24-37(52-6)25-17-33/h10-25,28-29,47-48H,7-9,26-27H2,1-6H3,(H2,43,45). The molecule has 10 heteroatoms. The zero-order valence-corrected chi connectivity index (χ0v) is 30.8. The summed E-state index contributed by atoms with van der Waals surface area (Å²) in [4.78, 5) is 30.5. The number of hydrogen-bond acceptors (Lipinski definition) is 8. The highest BCUT2D eigenvalue weighted by Gasteiger charge is 2.56. The van der Waals surface area contributed by atoms with Crippen molar-refractivity contribution in [1.29, 1.82) is 0 Å². The summed E-state index contributed by atoms with van der Waals surface area (Å²) in [5, 5.41) is 26.6. The molecular formula is C42H50N2O8. The van der Waals surface area contributed by atoms with E-state index >= 15 is 4.79 Å². The lowest BCUT2D eigenvalue weighted by Gasteiger charge is -2.51. The second-order valence-corrected chi connectivity index (χ2v) is 13.5. The van der Waals surface area contributed by atoms with E-state index in [1.165, 1.54) is 4.90 Å². The van der Waals surface area contributed by atoms with Crippen LogP contribution in [0.25, 0.3) is 0 Å². The van der Waals surface area contributed by atoms with Crippen molar-refractivity contribution in [2.24, 2.45) is 11.1 Å². The number of primary amides is 1. The maximum absolute atomic E-state index is 15.5. The molecule has 1 saturated carbocycles. The molecule has 52 heavy (non-hydrogen) atoms. The molecule has 4 N–H and O–H groups in total. The van der Waals surface area contributed by atoms with Gasteiger partial charge in [0, 0.05) is 0 Å². The van der Waals surface area contributed by atoms with Crippen LogP contribution in [0.3, 0.4) is 0 Å². The molecule has 1 aliphatic rings. The summed E-state index contributed by atoms with van der Waals surface area (Å²) < 4.78 is 21.7. The van der Waals surface area contributed by atoms with Gasteiger partial charge in [-0.15, -0.1) is 0 Å². The Morgan fingerprint density at radius 1 is 0.577 bits per heavy atom. The first-order valence-electron chi connectivity index (χ1n) is 17.6. The molecule has 4 aromatic carbocycles. The van der Waals surface area contributed by atoms with E-state index in [1.54, 1.807) is 139 Å². The lowest BCUT2D eigenvalue weighted by molar-refractivity contribution is -0.166. The molecule has 2 unspecified atom stereocenters. The maximum atomic E-state index is 15.5. The molecule has 0 heterocycles. The van der Waals surface area contributed by atoms with Crippen LogP contribution in [0.5, 0.6) is 23.0 Å². The van der Waals surface area contributed by atoms with Gasteiger partial charge in [-0.2, -0.15) is 0 Å². The monoisotopic (exact) mass is 710 g/mol. The average molecular weight is 711 g/mol. The third kappa shape index (κ3) is 6.80. The van der Waals surface area contributed by atoms with Crippen molar-refractivity contribution in [1.82, 2.24) is 4.90 Å². The Kier molecular flexibility index (Phi) is 11.5. The van der Waals surface area contributed by atoms with Gasteiger partial charge in [0.2, 0.25) is 11.8 Å². The number of aliphatic hydroxyl groups is 2. The van der Waals surface area contributed by atoms with Gasteiger partial charge >= 0.3 is 0 Å². The second-order valence-electron chi connectivity index (χ2n) is 13.5. The van der Waals surface area contributed by atoms with Crippen LogP contribution >= 0.6 is 0 Å². The normalized spacial score (nSPS) is 15.5. The Balaban J connectivity index is 1.80. The first kappa shape index (κ1) is 38.2. The minimum atomic E-state index is -1.88. The fourth-order valence-electron chi connectivity index (χ4n) is 7.74. The first-order chi connectivity index (χ1) is 24.9. The third-order valence-electron chi connectivity index (χ3n) is 11.0. The highest BCUT2D eigenvalue weighted by Crippen LogP contribution is 2.46. The van der Waals surface area contributed by atoms with Crippen molar-refractivity contribution < 1.29 is 38.7 Å². The predicted octanol–water partition coefficient (Wildman–Crippen LogP) is 5.93. The SMILES string of the molecule is COc1ccc(C(O)(c2ccc(OC)cc2)C(C)N(C(=O)C2(C(N)=O)CCCCC2)C(C)C(O)(c2ccc(OC)cc2)c2ccc(OC)cc2)cc1. The second kappa shape index (κ2) is 15.7. The van der Waals surface area contributed by atoms with Crippen LogP contribution in [-0.4, -0.2) is 67.5 Å². The fourth-order valence-corrected chi connectivity index (χ4v) is 7.74. The Labute approximate surface area is 306 Å². The van der Waals surface area contributed by atoms with E-state index in [9.17, 15) is 15.0 Å². The van der Waals surface area contributed by atoms with E-state index in [2.05, 4.69) is 0 Å². The van der Waals surface area contributed by atoms with Gasteiger partial charge in [-0.3, -0.25) is 9.59 Å². The molecule has 1 fully saturated rings. The van der Waals surface area contributed by atoms with Gasteiger partial charge in [-0.05, 0) is 97.5 Å². The summed E-state index contributed by atoms with van der Waals surface area (Å²) in [6.45, 7) is 3.48. The van der Waals surface area contributed by atoms with Gasteiger partial charge < -0.3 is 39.8 Å². The Morgan fingerprint density at radius 2 is 0.846 bits per heavy atom. The van der Waals surface area contributed by atoms with Crippen LogP contribution in [0.2, 0.25) is 0 Å². The maximum Gasteiger partial charge on any atom is 0.238 e. The average Bonchev–Trinajstić information content (AvgIpc) is 3.20. The van der Waals surface area contributed by atoms with E-state index in [0.29, 0.717) is 58.1 Å². The summed E-state index contributed by atoms with van der Waals surface area (Å²) in [5.74, 6) is 1.05. The van der Waals surface area contributed by atoms with Crippen LogP contribution in [0.4, 0.5) is 0 Å². The van der Waals surface area contributed by atoms with Crippen LogP contribution in [-0.2, 0) is 20.8 Å². The van der Waals surface area contributed by atoms with E-state index in [0.717, 1.165) is 6.42 Å². The smallest absolute Gasteiger partial charge is 0.238 e. The van der Waals surface area contributed by atoms with Crippen molar-refractivity contribution >= 4 is 11.8 Å². The molecule has 5 rings (SSSR count). The number of amides is 2. The molecule has 4 aromatic rings. The largest absolute Gasteiger partial charge is 0.497 e. The van der Waals surface area contributed by atoms with Crippen LogP contribution in [0.15, 0.2) is 97.1 Å². The lowest BCUT2D eigenvalue weighted by Crippen LogP contribution is -2.65. The lowest BCUT2D eigenvalue weighted by atomic mass is 9.70. The Bertz CT molecular complexity index is 1600. The number of nitrogens with zero attached hydrogens (tertiary/aromatic N) is 1. The summed E-state index contributed by atoms with van der Waals surface area (Å²) in [5.41, 5.74) is 2.71. The summed E-state index contributed by atoms with van der Waals surface area (Å²) in [6, 6.07) is 25.7. The number of rotatable bonds is 14. The van der Waals surface area contributed by atoms with Gasteiger partial charge in [0.05, 0.1) is 40.5 Å². The molecular weight excluding hydrogens is 660 g/mol. The molecule has 0 spiro atoms. The molecule has 2 atom stereocenters. The molecule has 1 aliphatic carbocycles. The minimum Gasteiger partial charge on any atom is -0.497 e. The molecule has 0 aromatic heterocycles. The molecule has 276 valence electrons. The van der Waals surface area contributed by atoms with Crippen LogP contribution < -0.4 is 24.7 Å². The van der Waals surface area contributed by atoms with Crippen molar-refractivity contribution in [3.63, 3.8) is 0 Å². The molecule has 0 radical (unpaired) electrons. The number of ether oxygens (including phenoxy) is 4. The van der Waals surface area contributed by atoms with Crippen molar-refractivity contribution in [2.75, 3.05) is 28.4 Å².